The maximum atomic E-state index is 12.4. The molecule has 0 saturated carbocycles. The molecule has 2 rings (SSSR count). The summed E-state index contributed by atoms with van der Waals surface area (Å²) in [6.45, 7) is 1.92. The number of benzene rings is 2. The van der Waals surface area contributed by atoms with E-state index >= 15 is 0 Å². The maximum absolute atomic E-state index is 12.4. The summed E-state index contributed by atoms with van der Waals surface area (Å²) in [6, 6.07) is 13.9. The van der Waals surface area contributed by atoms with E-state index < -0.39 is 15.9 Å². The zero-order chi connectivity index (χ0) is 19.3. The molecule has 4 nitrogen and oxygen atoms in total. The van der Waals surface area contributed by atoms with Gasteiger partial charge in [-0.05, 0) is 55.5 Å². The number of anilines is 1. The van der Waals surface area contributed by atoms with Crippen LogP contribution in [0.15, 0.2) is 48.5 Å². The third kappa shape index (κ3) is 6.49. The summed E-state index contributed by atoms with van der Waals surface area (Å²) in [7, 11) is 0. The Morgan fingerprint density at radius 1 is 1.00 bits per heavy atom. The van der Waals surface area contributed by atoms with Crippen LogP contribution in [0.1, 0.15) is 15.9 Å². The van der Waals surface area contributed by atoms with Crippen LogP contribution in [-0.2, 0) is 0 Å². The van der Waals surface area contributed by atoms with Crippen molar-refractivity contribution in [3.8, 4) is 0 Å². The molecule has 0 saturated heterocycles. The first-order chi connectivity index (χ1) is 12.1. The highest BCUT2D eigenvalue weighted by Crippen LogP contribution is 2.29. The fraction of sp³-hybridized carbons (Fsp3) is 0.176. The van der Waals surface area contributed by atoms with Crippen LogP contribution in [0.25, 0.3) is 0 Å². The monoisotopic (exact) mass is 449 g/mol. The summed E-state index contributed by atoms with van der Waals surface area (Å²) >= 11 is 29.0. The number of nitrogens with one attached hydrogen (secondary N) is 3. The molecule has 0 aromatic heterocycles. The Kier molecular flexibility index (Phi) is 7.38. The Balaban J connectivity index is 2.04. The zero-order valence-electron chi connectivity index (χ0n) is 13.5. The van der Waals surface area contributed by atoms with Crippen molar-refractivity contribution in [2.24, 2.45) is 0 Å². The van der Waals surface area contributed by atoms with E-state index in [0.29, 0.717) is 16.3 Å². The van der Waals surface area contributed by atoms with Gasteiger partial charge in [-0.1, -0.05) is 64.1 Å². The van der Waals surface area contributed by atoms with Crippen LogP contribution in [0.2, 0.25) is 5.02 Å². The van der Waals surface area contributed by atoms with Crippen molar-refractivity contribution in [1.82, 2.24) is 10.6 Å². The topological polar surface area (TPSA) is 53.2 Å². The second-order valence-corrected chi connectivity index (χ2v) is 8.63. The van der Waals surface area contributed by atoms with E-state index in [9.17, 15) is 4.79 Å². The fourth-order valence-electron chi connectivity index (χ4n) is 1.95. The molecule has 0 fully saturated rings. The van der Waals surface area contributed by atoms with Crippen molar-refractivity contribution in [2.75, 3.05) is 5.32 Å². The smallest absolute Gasteiger partial charge is 0.252 e. The highest BCUT2D eigenvalue weighted by atomic mass is 35.6. The van der Waals surface area contributed by atoms with Gasteiger partial charge < -0.3 is 16.0 Å². The van der Waals surface area contributed by atoms with Gasteiger partial charge in [-0.2, -0.15) is 0 Å². The Hall–Kier alpha value is -1.24. The second kappa shape index (κ2) is 9.11. The van der Waals surface area contributed by atoms with E-state index in [1.807, 2.05) is 19.1 Å². The van der Waals surface area contributed by atoms with Crippen molar-refractivity contribution >= 4 is 75.3 Å². The lowest BCUT2D eigenvalue weighted by atomic mass is 10.1. The number of aryl methyl sites for hydroxylation is 1. The van der Waals surface area contributed by atoms with Crippen LogP contribution in [0, 0.1) is 6.92 Å². The minimum absolute atomic E-state index is 0.174. The summed E-state index contributed by atoms with van der Waals surface area (Å²) in [4.78, 5) is 12.4. The quantitative estimate of drug-likeness (QED) is 0.346. The van der Waals surface area contributed by atoms with E-state index in [2.05, 4.69) is 16.0 Å². The highest BCUT2D eigenvalue weighted by Gasteiger charge is 2.34. The van der Waals surface area contributed by atoms with Crippen molar-refractivity contribution in [3.63, 3.8) is 0 Å². The molecule has 0 bridgehead atoms. The molecule has 0 unspecified atom stereocenters. The molecule has 0 aliphatic heterocycles. The molecular formula is C17H15Cl4N3OS. The second-order valence-electron chi connectivity index (χ2n) is 5.42. The molecule has 26 heavy (non-hydrogen) atoms. The molecule has 2 aromatic carbocycles. The third-order valence-electron chi connectivity index (χ3n) is 3.29. The Morgan fingerprint density at radius 2 is 1.58 bits per heavy atom. The Labute approximate surface area is 177 Å². The lowest BCUT2D eigenvalue weighted by Crippen LogP contribution is -2.56. The van der Waals surface area contributed by atoms with Gasteiger partial charge in [0.1, 0.15) is 6.17 Å². The molecule has 0 aliphatic rings. The first-order valence-electron chi connectivity index (χ1n) is 7.42. The fourth-order valence-corrected chi connectivity index (χ4v) is 2.64. The van der Waals surface area contributed by atoms with Gasteiger partial charge in [-0.3, -0.25) is 4.79 Å². The van der Waals surface area contributed by atoms with Gasteiger partial charge >= 0.3 is 0 Å². The van der Waals surface area contributed by atoms with Gasteiger partial charge in [0.2, 0.25) is 3.79 Å². The molecule has 1 atom stereocenters. The van der Waals surface area contributed by atoms with Crippen LogP contribution < -0.4 is 16.0 Å². The number of thiocarbonyl (C=S) groups is 1. The lowest BCUT2D eigenvalue weighted by Gasteiger charge is -2.27. The van der Waals surface area contributed by atoms with Crippen molar-refractivity contribution in [2.45, 2.75) is 16.9 Å². The van der Waals surface area contributed by atoms with Crippen molar-refractivity contribution in [3.05, 3.63) is 64.7 Å². The van der Waals surface area contributed by atoms with Crippen LogP contribution in [0.5, 0.6) is 0 Å². The molecule has 1 amide bonds. The number of halogens is 4. The first kappa shape index (κ1) is 21.1. The molecular weight excluding hydrogens is 436 g/mol. The molecule has 0 heterocycles. The molecule has 138 valence electrons. The maximum Gasteiger partial charge on any atom is 0.252 e. The predicted molar refractivity (Wildman–Crippen MR) is 114 cm³/mol. The van der Waals surface area contributed by atoms with Crippen LogP contribution in [0.3, 0.4) is 0 Å². The van der Waals surface area contributed by atoms with Gasteiger partial charge in [-0.25, -0.2) is 0 Å². The normalized spacial score (nSPS) is 12.2. The van der Waals surface area contributed by atoms with E-state index in [1.54, 1.807) is 36.4 Å². The minimum atomic E-state index is -1.83. The predicted octanol–water partition coefficient (Wildman–Crippen LogP) is 5.06. The van der Waals surface area contributed by atoms with Crippen LogP contribution in [-0.4, -0.2) is 21.0 Å². The number of hydrogen-bond donors (Lipinski definition) is 3. The molecule has 9 heteroatoms. The van der Waals surface area contributed by atoms with E-state index in [0.717, 1.165) is 5.56 Å². The lowest BCUT2D eigenvalue weighted by molar-refractivity contribution is 0.0934. The summed E-state index contributed by atoms with van der Waals surface area (Å²) < 4.78 is -1.83. The van der Waals surface area contributed by atoms with E-state index in [4.69, 9.17) is 58.6 Å². The third-order valence-corrected chi connectivity index (χ3v) is 4.42. The molecule has 2 aromatic rings. The highest BCUT2D eigenvalue weighted by molar-refractivity contribution is 7.80. The standard InChI is InChI=1S/C17H15Cl4N3OS/c1-10-2-4-11(5-3-10)14(25)23-15(17(19,20)21)24-16(26)22-13-8-6-12(18)7-9-13/h2-9,15H,1H3,(H,23,25)(H2,22,24,26)/t15-/m1/s1. The Morgan fingerprint density at radius 3 is 2.12 bits per heavy atom. The number of amides is 1. The number of carbonyl (C=O) groups excluding carboxylic acids is 1. The molecule has 3 N–H and O–H groups in total. The van der Waals surface area contributed by atoms with Gasteiger partial charge in [0.05, 0.1) is 0 Å². The van der Waals surface area contributed by atoms with E-state index in [-0.39, 0.29) is 5.11 Å². The largest absolute Gasteiger partial charge is 0.339 e. The first-order valence-corrected chi connectivity index (χ1v) is 9.34. The van der Waals surface area contributed by atoms with Gasteiger partial charge in [0.15, 0.2) is 5.11 Å². The van der Waals surface area contributed by atoms with Crippen LogP contribution in [0.4, 0.5) is 5.69 Å². The molecule has 0 spiro atoms. The average Bonchev–Trinajstić information content (AvgIpc) is 2.56. The summed E-state index contributed by atoms with van der Waals surface area (Å²) in [5, 5.41) is 9.11. The Bertz CT molecular complexity index is 776. The number of carbonyl (C=O) groups is 1. The number of alkyl halides is 3. The SMILES string of the molecule is Cc1ccc(C(=O)N[C@H](NC(=S)Nc2ccc(Cl)cc2)C(Cl)(Cl)Cl)cc1. The molecule has 0 radical (unpaired) electrons. The summed E-state index contributed by atoms with van der Waals surface area (Å²) in [6.07, 6.45) is -1.05. The average molecular weight is 451 g/mol. The number of hydrogen-bond acceptors (Lipinski definition) is 2. The van der Waals surface area contributed by atoms with Crippen molar-refractivity contribution < 1.29 is 4.79 Å². The van der Waals surface area contributed by atoms with Gasteiger partial charge in [-0.15, -0.1) is 0 Å². The molecule has 0 aliphatic carbocycles. The van der Waals surface area contributed by atoms with E-state index in [1.165, 1.54) is 0 Å². The van der Waals surface area contributed by atoms with Gasteiger partial charge in [0.25, 0.3) is 5.91 Å². The zero-order valence-corrected chi connectivity index (χ0v) is 17.4. The number of rotatable bonds is 4. The van der Waals surface area contributed by atoms with Crippen LogP contribution >= 0.6 is 58.6 Å². The summed E-state index contributed by atoms with van der Waals surface area (Å²) in [5.74, 6) is -0.400. The van der Waals surface area contributed by atoms with Gasteiger partial charge in [0, 0.05) is 16.3 Å². The van der Waals surface area contributed by atoms with Crippen molar-refractivity contribution in [1.29, 1.82) is 0 Å². The summed E-state index contributed by atoms with van der Waals surface area (Å²) in [5.41, 5.74) is 2.17. The minimum Gasteiger partial charge on any atom is -0.339 e.